The highest BCUT2D eigenvalue weighted by molar-refractivity contribution is 6.34. The number of benzene rings is 2. The van der Waals surface area contributed by atoms with Crippen LogP contribution in [0.1, 0.15) is 21.5 Å². The summed E-state index contributed by atoms with van der Waals surface area (Å²) in [6.45, 7) is 0.229. The molecule has 3 N–H and O–H groups in total. The van der Waals surface area contributed by atoms with Crippen LogP contribution in [-0.2, 0) is 6.54 Å². The zero-order valence-electron chi connectivity index (χ0n) is 18.0. The highest BCUT2D eigenvalue weighted by atomic mass is 35.5. The molecule has 10 heteroatoms. The van der Waals surface area contributed by atoms with Gasteiger partial charge in [-0.2, -0.15) is 5.26 Å². The van der Waals surface area contributed by atoms with Crippen molar-refractivity contribution in [2.45, 2.75) is 6.54 Å². The number of nitrogens with one attached hydrogen (secondary N) is 1. The summed E-state index contributed by atoms with van der Waals surface area (Å²) in [6.07, 6.45) is 2.70. The second kappa shape index (κ2) is 10.1. The van der Waals surface area contributed by atoms with E-state index >= 15 is 0 Å². The molecule has 0 spiro atoms. The molecule has 0 radical (unpaired) electrons. The quantitative estimate of drug-likeness (QED) is 0.418. The Balaban J connectivity index is 1.53. The minimum atomic E-state index is -0.753. The number of aromatic nitrogens is 2. The maximum atomic E-state index is 14.8. The summed E-state index contributed by atoms with van der Waals surface area (Å²) < 4.78 is 21.4. The van der Waals surface area contributed by atoms with Gasteiger partial charge in [-0.25, -0.2) is 9.37 Å². The first-order valence-electron chi connectivity index (χ1n) is 10.2. The van der Waals surface area contributed by atoms with E-state index in [0.717, 1.165) is 16.2 Å². The van der Waals surface area contributed by atoms with E-state index in [1.807, 2.05) is 6.07 Å². The summed E-state index contributed by atoms with van der Waals surface area (Å²) in [4.78, 5) is 28.9. The van der Waals surface area contributed by atoms with Gasteiger partial charge in [0, 0.05) is 37.1 Å². The molecule has 8 nitrogen and oxygen atoms in total. The van der Waals surface area contributed by atoms with Crippen LogP contribution in [0.2, 0.25) is 5.02 Å². The van der Waals surface area contributed by atoms with Crippen LogP contribution in [0.3, 0.4) is 0 Å². The van der Waals surface area contributed by atoms with E-state index in [1.165, 1.54) is 42.7 Å². The van der Waals surface area contributed by atoms with Gasteiger partial charge in [0.1, 0.15) is 10.8 Å². The number of nitriles is 1. The Hall–Kier alpha value is -4.68. The Bertz CT molecular complexity index is 1510. The molecule has 2 heterocycles. The van der Waals surface area contributed by atoms with E-state index in [2.05, 4.69) is 10.3 Å². The van der Waals surface area contributed by atoms with E-state index in [0.29, 0.717) is 5.56 Å². The lowest BCUT2D eigenvalue weighted by Crippen LogP contribution is -2.25. The van der Waals surface area contributed by atoms with E-state index in [4.69, 9.17) is 27.3 Å². The van der Waals surface area contributed by atoms with Gasteiger partial charge in [-0.05, 0) is 35.9 Å². The molecule has 2 aromatic carbocycles. The van der Waals surface area contributed by atoms with Gasteiger partial charge in [0.15, 0.2) is 17.3 Å². The van der Waals surface area contributed by atoms with Crippen molar-refractivity contribution in [1.29, 1.82) is 5.26 Å². The molecule has 0 fully saturated rings. The number of ether oxygens (including phenoxy) is 1. The van der Waals surface area contributed by atoms with Crippen molar-refractivity contribution in [3.8, 4) is 23.3 Å². The molecule has 0 aliphatic heterocycles. The fourth-order valence-corrected chi connectivity index (χ4v) is 3.32. The maximum absolute atomic E-state index is 14.8. The Labute approximate surface area is 204 Å². The minimum Gasteiger partial charge on any atom is -0.453 e. The van der Waals surface area contributed by atoms with Crippen LogP contribution in [0.5, 0.6) is 11.5 Å². The van der Waals surface area contributed by atoms with Gasteiger partial charge in [0.25, 0.3) is 11.5 Å². The molecular formula is C25H17ClFN5O3. The Morgan fingerprint density at radius 2 is 1.91 bits per heavy atom. The number of carbonyl (C=O) groups is 1. The van der Waals surface area contributed by atoms with Crippen LogP contribution >= 0.6 is 11.6 Å². The fourth-order valence-electron chi connectivity index (χ4n) is 3.17. The highest BCUT2D eigenvalue weighted by Gasteiger charge is 2.13. The summed E-state index contributed by atoms with van der Waals surface area (Å²) in [7, 11) is 0. The number of anilines is 1. The Morgan fingerprint density at radius 3 is 2.63 bits per heavy atom. The van der Waals surface area contributed by atoms with Crippen molar-refractivity contribution in [3.63, 3.8) is 0 Å². The van der Waals surface area contributed by atoms with Gasteiger partial charge in [0.2, 0.25) is 0 Å². The van der Waals surface area contributed by atoms with Crippen molar-refractivity contribution in [1.82, 2.24) is 14.9 Å². The van der Waals surface area contributed by atoms with E-state index in [1.54, 1.807) is 24.3 Å². The van der Waals surface area contributed by atoms with Gasteiger partial charge in [-0.3, -0.25) is 14.2 Å². The first-order chi connectivity index (χ1) is 16.9. The third-order valence-corrected chi connectivity index (χ3v) is 5.38. The molecule has 0 saturated carbocycles. The molecule has 0 aliphatic rings. The summed E-state index contributed by atoms with van der Waals surface area (Å²) in [5, 5.41) is 11.7. The molecule has 4 rings (SSSR count). The van der Waals surface area contributed by atoms with Crippen molar-refractivity contribution in [2.24, 2.45) is 0 Å². The van der Waals surface area contributed by atoms with Crippen LogP contribution in [0.15, 0.2) is 77.9 Å². The van der Waals surface area contributed by atoms with Crippen LogP contribution < -0.4 is 21.3 Å². The molecule has 174 valence electrons. The van der Waals surface area contributed by atoms with Gasteiger partial charge in [-0.15, -0.1) is 0 Å². The van der Waals surface area contributed by atoms with E-state index < -0.39 is 17.3 Å². The topological polar surface area (TPSA) is 123 Å². The lowest BCUT2D eigenvalue weighted by Gasteiger charge is -2.12. The highest BCUT2D eigenvalue weighted by Crippen LogP contribution is 2.33. The average Bonchev–Trinajstić information content (AvgIpc) is 2.87. The predicted molar refractivity (Wildman–Crippen MR) is 128 cm³/mol. The summed E-state index contributed by atoms with van der Waals surface area (Å²) in [5.74, 6) is -1.14. The summed E-state index contributed by atoms with van der Waals surface area (Å²) in [6, 6.07) is 16.8. The normalized spacial score (nSPS) is 10.4. The first-order valence-corrected chi connectivity index (χ1v) is 10.6. The summed E-state index contributed by atoms with van der Waals surface area (Å²) in [5.41, 5.74) is 6.91. The number of amides is 1. The molecule has 35 heavy (non-hydrogen) atoms. The van der Waals surface area contributed by atoms with Gasteiger partial charge in [-0.1, -0.05) is 23.7 Å². The number of rotatable bonds is 6. The lowest BCUT2D eigenvalue weighted by molar-refractivity contribution is 0.0950. The van der Waals surface area contributed by atoms with E-state index in [-0.39, 0.29) is 40.1 Å². The van der Waals surface area contributed by atoms with Crippen molar-refractivity contribution >= 4 is 23.3 Å². The van der Waals surface area contributed by atoms with Crippen molar-refractivity contribution < 1.29 is 13.9 Å². The minimum absolute atomic E-state index is 0.0435. The number of hydrogen-bond acceptors (Lipinski definition) is 6. The number of hydrogen-bond donors (Lipinski definition) is 2. The first kappa shape index (κ1) is 23.5. The number of pyridine rings is 2. The Kier molecular flexibility index (Phi) is 6.76. The van der Waals surface area contributed by atoms with Gasteiger partial charge >= 0.3 is 0 Å². The van der Waals surface area contributed by atoms with Crippen LogP contribution in [0, 0.1) is 17.1 Å². The third kappa shape index (κ3) is 5.29. The zero-order chi connectivity index (χ0) is 24.9. The molecule has 0 saturated heterocycles. The van der Waals surface area contributed by atoms with Crippen LogP contribution in [0.25, 0.3) is 5.69 Å². The second-order valence-corrected chi connectivity index (χ2v) is 7.72. The molecule has 4 aromatic rings. The number of nitrogen functional groups attached to an aromatic ring is 1. The largest absolute Gasteiger partial charge is 0.453 e. The molecular weight excluding hydrogens is 473 g/mol. The zero-order valence-corrected chi connectivity index (χ0v) is 18.8. The number of carbonyl (C=O) groups excluding carboxylic acids is 1. The second-order valence-electron chi connectivity index (χ2n) is 7.34. The maximum Gasteiger partial charge on any atom is 0.255 e. The number of nitrogens with zero attached hydrogens (tertiary/aromatic N) is 3. The Morgan fingerprint density at radius 1 is 1.14 bits per heavy atom. The lowest BCUT2D eigenvalue weighted by atomic mass is 10.1. The summed E-state index contributed by atoms with van der Waals surface area (Å²) >= 11 is 6.04. The predicted octanol–water partition coefficient (Wildman–Crippen LogP) is 4.20. The average molecular weight is 490 g/mol. The van der Waals surface area contributed by atoms with Crippen LogP contribution in [0.4, 0.5) is 10.2 Å². The molecule has 0 aliphatic carbocycles. The molecule has 0 atom stereocenters. The fraction of sp³-hybridized carbons (Fsp3) is 0.0400. The molecule has 0 unspecified atom stereocenters. The standard InChI is InChI=1S/C25H17ClFN5O3/c26-23-21(9-10-30-24(23)29)35-20-7-6-18(11-19(20)27)32-14-17(5-8-22(32)33)25(34)31-13-16-3-1-15(12-28)2-4-16/h1-11,14H,13H2,(H2,29,30)(H,31,34). The van der Waals surface area contributed by atoms with Gasteiger partial charge < -0.3 is 15.8 Å². The number of halogens is 2. The van der Waals surface area contributed by atoms with E-state index in [9.17, 15) is 14.0 Å². The monoisotopic (exact) mass is 489 g/mol. The number of nitrogens with two attached hydrogens (primary N) is 1. The van der Waals surface area contributed by atoms with Crippen molar-refractivity contribution in [3.05, 3.63) is 111 Å². The smallest absolute Gasteiger partial charge is 0.255 e. The molecule has 0 bridgehead atoms. The van der Waals surface area contributed by atoms with Crippen LogP contribution in [-0.4, -0.2) is 15.5 Å². The molecule has 2 aromatic heterocycles. The van der Waals surface area contributed by atoms with Gasteiger partial charge in [0.05, 0.1) is 22.9 Å². The third-order valence-electron chi connectivity index (χ3n) is 5.00. The van der Waals surface area contributed by atoms with Crippen molar-refractivity contribution in [2.75, 3.05) is 5.73 Å². The SMILES string of the molecule is N#Cc1ccc(CNC(=O)c2ccc(=O)n(-c3ccc(Oc4ccnc(N)c4Cl)c(F)c3)c2)cc1. The molecule has 1 amide bonds.